The van der Waals surface area contributed by atoms with Crippen LogP contribution in [0, 0.1) is 5.92 Å². The summed E-state index contributed by atoms with van der Waals surface area (Å²) in [5, 5.41) is 6.49. The zero-order valence-corrected chi connectivity index (χ0v) is 15.6. The predicted molar refractivity (Wildman–Crippen MR) is 94.1 cm³/mol. The van der Waals surface area contributed by atoms with Crippen molar-refractivity contribution in [2.75, 3.05) is 6.54 Å². The molecule has 0 aliphatic heterocycles. The van der Waals surface area contributed by atoms with Gasteiger partial charge in [-0.2, -0.15) is 0 Å². The van der Waals surface area contributed by atoms with Crippen molar-refractivity contribution in [3.05, 3.63) is 28.5 Å². The fourth-order valence-corrected chi connectivity index (χ4v) is 3.29. The van der Waals surface area contributed by atoms with Crippen molar-refractivity contribution in [3.63, 3.8) is 0 Å². The van der Waals surface area contributed by atoms with Gasteiger partial charge in [0.2, 0.25) is 0 Å². The second-order valence-electron chi connectivity index (χ2n) is 7.07. The van der Waals surface area contributed by atoms with Crippen LogP contribution < -0.4 is 10.6 Å². The van der Waals surface area contributed by atoms with Crippen LogP contribution in [-0.2, 0) is 11.3 Å². The molecule has 2 unspecified atom stereocenters. The number of rotatable bonds is 5. The number of hydrogen-bond donors (Lipinski definition) is 2. The lowest BCUT2D eigenvalue weighted by molar-refractivity contribution is 0.0517. The largest absolute Gasteiger partial charge is 0.444 e. The van der Waals surface area contributed by atoms with Crippen LogP contribution in [-0.4, -0.2) is 29.3 Å². The molecule has 0 saturated heterocycles. The lowest BCUT2D eigenvalue weighted by Crippen LogP contribution is -2.40. The summed E-state index contributed by atoms with van der Waals surface area (Å²) in [5.74, 6) is 0.447. The van der Waals surface area contributed by atoms with Gasteiger partial charge in [-0.15, -0.1) is 0 Å². The Morgan fingerprint density at radius 2 is 2.17 bits per heavy atom. The summed E-state index contributed by atoms with van der Waals surface area (Å²) in [6.07, 6.45) is 6.79. The van der Waals surface area contributed by atoms with Gasteiger partial charge in [0.1, 0.15) is 5.60 Å². The summed E-state index contributed by atoms with van der Waals surface area (Å²) >= 11 is 3.44. The molecule has 1 aliphatic carbocycles. The third-order valence-electron chi connectivity index (χ3n) is 3.90. The first-order valence-electron chi connectivity index (χ1n) is 8.13. The van der Waals surface area contributed by atoms with E-state index in [0.29, 0.717) is 18.5 Å². The number of hydrogen-bond acceptors (Lipinski definition) is 4. The Labute approximate surface area is 146 Å². The first-order chi connectivity index (χ1) is 10.8. The molecule has 2 atom stereocenters. The summed E-state index contributed by atoms with van der Waals surface area (Å²) in [6.45, 7) is 7.07. The second kappa shape index (κ2) is 8.11. The zero-order valence-electron chi connectivity index (χ0n) is 14.1. The molecular formula is C17H26BrN3O2. The lowest BCUT2D eigenvalue weighted by atomic mass is 10.0. The molecule has 0 aromatic carbocycles. The Balaban J connectivity index is 1.77. The van der Waals surface area contributed by atoms with Gasteiger partial charge in [-0.05, 0) is 67.1 Å². The maximum atomic E-state index is 11.8. The Morgan fingerprint density at radius 3 is 2.87 bits per heavy atom. The van der Waals surface area contributed by atoms with Gasteiger partial charge < -0.3 is 15.4 Å². The number of amides is 1. The van der Waals surface area contributed by atoms with Crippen LogP contribution in [0.1, 0.15) is 45.6 Å². The van der Waals surface area contributed by atoms with E-state index in [4.69, 9.17) is 4.74 Å². The summed E-state index contributed by atoms with van der Waals surface area (Å²) in [5.41, 5.74) is 0.704. The van der Waals surface area contributed by atoms with Crippen LogP contribution >= 0.6 is 15.9 Å². The average Bonchev–Trinajstić information content (AvgIpc) is 2.88. The highest BCUT2D eigenvalue weighted by atomic mass is 79.9. The van der Waals surface area contributed by atoms with Crippen molar-refractivity contribution in [3.8, 4) is 0 Å². The second-order valence-corrected chi connectivity index (χ2v) is 7.99. The highest BCUT2D eigenvalue weighted by Gasteiger charge is 2.27. The smallest absolute Gasteiger partial charge is 0.407 e. The van der Waals surface area contributed by atoms with Gasteiger partial charge in [0, 0.05) is 36.0 Å². The van der Waals surface area contributed by atoms with Crippen molar-refractivity contribution in [1.29, 1.82) is 0 Å². The molecule has 5 nitrogen and oxygen atoms in total. The molecular weight excluding hydrogens is 358 g/mol. The number of aromatic nitrogens is 1. The number of alkyl carbamates (subject to hydrolysis) is 1. The van der Waals surface area contributed by atoms with Gasteiger partial charge in [-0.25, -0.2) is 4.79 Å². The van der Waals surface area contributed by atoms with Crippen LogP contribution in [0.3, 0.4) is 0 Å². The highest BCUT2D eigenvalue weighted by molar-refractivity contribution is 9.10. The van der Waals surface area contributed by atoms with Crippen LogP contribution in [0.25, 0.3) is 0 Å². The highest BCUT2D eigenvalue weighted by Crippen LogP contribution is 2.25. The molecule has 1 aliphatic rings. The summed E-state index contributed by atoms with van der Waals surface area (Å²) in [6, 6.07) is 2.49. The van der Waals surface area contributed by atoms with Gasteiger partial charge in [0.15, 0.2) is 0 Å². The van der Waals surface area contributed by atoms with Crippen molar-refractivity contribution in [2.24, 2.45) is 5.92 Å². The molecule has 128 valence electrons. The molecule has 1 heterocycles. The fourth-order valence-electron chi connectivity index (χ4n) is 2.88. The Hall–Kier alpha value is -1.14. The minimum Gasteiger partial charge on any atom is -0.444 e. The minimum absolute atomic E-state index is 0.334. The molecule has 1 aromatic heterocycles. The van der Waals surface area contributed by atoms with Crippen molar-refractivity contribution in [1.82, 2.24) is 15.6 Å². The van der Waals surface area contributed by atoms with Gasteiger partial charge in [0.05, 0.1) is 0 Å². The number of ether oxygens (including phenoxy) is 1. The van der Waals surface area contributed by atoms with E-state index in [2.05, 4.69) is 37.6 Å². The SMILES string of the molecule is CC(C)(C)OC(=O)NCC1CCCC1NCc1cncc(Br)c1. The lowest BCUT2D eigenvalue weighted by Gasteiger charge is -2.23. The predicted octanol–water partition coefficient (Wildman–Crippen LogP) is 3.63. The number of pyridine rings is 1. The summed E-state index contributed by atoms with van der Waals surface area (Å²) in [7, 11) is 0. The van der Waals surface area contributed by atoms with E-state index in [1.807, 2.05) is 27.0 Å². The standard InChI is InChI=1S/C17H26BrN3O2/c1-17(2,3)23-16(22)21-10-13-5-4-6-15(13)20-9-12-7-14(18)11-19-8-12/h7-8,11,13,15,20H,4-6,9-10H2,1-3H3,(H,21,22). The van der Waals surface area contributed by atoms with Crippen molar-refractivity contribution >= 4 is 22.0 Å². The van der Waals surface area contributed by atoms with E-state index in [1.54, 1.807) is 6.20 Å². The molecule has 1 saturated carbocycles. The molecule has 6 heteroatoms. The van der Waals surface area contributed by atoms with Crippen LogP contribution in [0.2, 0.25) is 0 Å². The van der Waals surface area contributed by atoms with Crippen LogP contribution in [0.4, 0.5) is 4.79 Å². The third kappa shape index (κ3) is 6.47. The monoisotopic (exact) mass is 383 g/mol. The van der Waals surface area contributed by atoms with E-state index in [0.717, 1.165) is 29.4 Å². The van der Waals surface area contributed by atoms with Crippen molar-refractivity contribution in [2.45, 2.75) is 58.2 Å². The summed E-state index contributed by atoms with van der Waals surface area (Å²) in [4.78, 5) is 16.0. The van der Waals surface area contributed by atoms with Gasteiger partial charge in [-0.3, -0.25) is 4.98 Å². The van der Waals surface area contributed by atoms with E-state index < -0.39 is 5.60 Å². The van der Waals surface area contributed by atoms with E-state index in [9.17, 15) is 4.79 Å². The van der Waals surface area contributed by atoms with Crippen LogP contribution in [0.15, 0.2) is 22.9 Å². The normalized spacial score (nSPS) is 21.2. The number of halogens is 1. The Kier molecular flexibility index (Phi) is 6.41. The first kappa shape index (κ1) is 18.2. The molecule has 1 fully saturated rings. The molecule has 2 rings (SSSR count). The molecule has 1 aromatic rings. The number of nitrogens with zero attached hydrogens (tertiary/aromatic N) is 1. The molecule has 0 bridgehead atoms. The maximum absolute atomic E-state index is 11.8. The maximum Gasteiger partial charge on any atom is 0.407 e. The van der Waals surface area contributed by atoms with Crippen molar-refractivity contribution < 1.29 is 9.53 Å². The minimum atomic E-state index is -0.453. The molecule has 2 N–H and O–H groups in total. The Bertz CT molecular complexity index is 531. The molecule has 0 spiro atoms. The summed E-state index contributed by atoms with van der Waals surface area (Å²) < 4.78 is 6.28. The topological polar surface area (TPSA) is 63.2 Å². The first-order valence-corrected chi connectivity index (χ1v) is 8.92. The average molecular weight is 384 g/mol. The van der Waals surface area contributed by atoms with Gasteiger partial charge in [0.25, 0.3) is 0 Å². The van der Waals surface area contributed by atoms with Gasteiger partial charge in [-0.1, -0.05) is 6.42 Å². The van der Waals surface area contributed by atoms with E-state index in [-0.39, 0.29) is 6.09 Å². The van der Waals surface area contributed by atoms with Gasteiger partial charge >= 0.3 is 6.09 Å². The number of carbonyl (C=O) groups is 1. The zero-order chi connectivity index (χ0) is 16.9. The molecule has 0 radical (unpaired) electrons. The third-order valence-corrected chi connectivity index (χ3v) is 4.33. The van der Waals surface area contributed by atoms with Crippen LogP contribution in [0.5, 0.6) is 0 Å². The van der Waals surface area contributed by atoms with E-state index in [1.165, 1.54) is 6.42 Å². The molecule has 1 amide bonds. The number of nitrogens with one attached hydrogen (secondary N) is 2. The van der Waals surface area contributed by atoms with E-state index >= 15 is 0 Å². The quantitative estimate of drug-likeness (QED) is 0.814. The Morgan fingerprint density at radius 1 is 1.39 bits per heavy atom. The fraction of sp³-hybridized carbons (Fsp3) is 0.647. The number of carbonyl (C=O) groups excluding carboxylic acids is 1. The molecule has 23 heavy (non-hydrogen) atoms.